The van der Waals surface area contributed by atoms with Crippen LogP contribution in [0.1, 0.15) is 19.3 Å². The van der Waals surface area contributed by atoms with Gasteiger partial charge in [0.1, 0.15) is 12.4 Å². The minimum absolute atomic E-state index is 0.161. The van der Waals surface area contributed by atoms with E-state index in [1.54, 1.807) is 7.11 Å². The molecule has 0 aromatic rings. The first-order chi connectivity index (χ1) is 10.3. The number of ether oxygens (including phenoxy) is 3. The van der Waals surface area contributed by atoms with Crippen molar-refractivity contribution in [1.29, 1.82) is 0 Å². The summed E-state index contributed by atoms with van der Waals surface area (Å²) in [6.45, 7) is 1.16. The van der Waals surface area contributed by atoms with Crippen LogP contribution in [0.4, 0.5) is 0 Å². The number of rotatable bonds is 6. The van der Waals surface area contributed by atoms with Crippen LogP contribution in [0.5, 0.6) is 0 Å². The van der Waals surface area contributed by atoms with E-state index >= 15 is 0 Å². The van der Waals surface area contributed by atoms with Crippen LogP contribution in [0.25, 0.3) is 0 Å². The predicted octanol–water partition coefficient (Wildman–Crippen LogP) is 1.62. The largest absolute Gasteiger partial charge is 0.382 e. The van der Waals surface area contributed by atoms with Gasteiger partial charge in [0.05, 0.1) is 13.2 Å². The van der Waals surface area contributed by atoms with Crippen molar-refractivity contribution in [2.75, 3.05) is 27.1 Å². The quantitative estimate of drug-likeness (QED) is 0.322. The van der Waals surface area contributed by atoms with E-state index in [4.69, 9.17) is 14.2 Å². The van der Waals surface area contributed by atoms with Crippen LogP contribution in [-0.4, -0.2) is 38.5 Å². The van der Waals surface area contributed by atoms with Crippen LogP contribution in [0.2, 0.25) is 0 Å². The fourth-order valence-corrected chi connectivity index (χ4v) is 2.22. The minimum Gasteiger partial charge on any atom is -0.382 e. The summed E-state index contributed by atoms with van der Waals surface area (Å²) in [5.74, 6) is 11.2. The zero-order valence-electron chi connectivity index (χ0n) is 12.1. The molecule has 0 aliphatic heterocycles. The van der Waals surface area contributed by atoms with Crippen LogP contribution in [-0.2, 0) is 19.0 Å². The summed E-state index contributed by atoms with van der Waals surface area (Å²) < 4.78 is 16.2. The van der Waals surface area contributed by atoms with Crippen molar-refractivity contribution in [2.24, 2.45) is 0 Å². The average molecular weight is 286 g/mol. The maximum atomic E-state index is 11.5. The second-order valence-electron chi connectivity index (χ2n) is 4.76. The fraction of sp³-hybridized carbons (Fsp3) is 0.471. The van der Waals surface area contributed by atoms with E-state index in [1.165, 1.54) is 12.2 Å². The van der Waals surface area contributed by atoms with Crippen molar-refractivity contribution in [3.05, 3.63) is 23.8 Å². The molecule has 0 heterocycles. The van der Waals surface area contributed by atoms with Gasteiger partial charge in [-0.3, -0.25) is 4.79 Å². The van der Waals surface area contributed by atoms with Crippen molar-refractivity contribution in [3.63, 3.8) is 0 Å². The number of ketones is 1. The Hall–Kier alpha value is -1.85. The molecule has 0 amide bonds. The topological polar surface area (TPSA) is 44.8 Å². The Bertz CT molecular complexity index is 565. The summed E-state index contributed by atoms with van der Waals surface area (Å²) in [6, 6.07) is 0. The molecule has 0 aromatic heterocycles. The van der Waals surface area contributed by atoms with Gasteiger partial charge in [0.25, 0.3) is 0 Å². The van der Waals surface area contributed by atoms with Crippen molar-refractivity contribution >= 4 is 5.78 Å². The van der Waals surface area contributed by atoms with E-state index in [0.717, 1.165) is 18.4 Å². The smallest absolute Gasteiger partial charge is 0.229 e. The van der Waals surface area contributed by atoms with Gasteiger partial charge in [0.15, 0.2) is 0 Å². The summed E-state index contributed by atoms with van der Waals surface area (Å²) >= 11 is 0. The SMILES string of the molecule is COCCOCOC12CC#C/C=C\C(=O)C#CC1=CCC2. The Morgan fingerprint density at radius 2 is 2.24 bits per heavy atom. The molecule has 0 N–H and O–H groups in total. The lowest BCUT2D eigenvalue weighted by Crippen LogP contribution is -2.33. The standard InChI is InChI=1S/C17H18O4/c1-19-12-13-20-14-21-17-10-4-2-3-7-16(18)9-8-15(17)6-5-11-17/h3,6-7H,5,10-14H2,1H3/b7-3-. The van der Waals surface area contributed by atoms with E-state index in [9.17, 15) is 4.79 Å². The summed E-state index contributed by atoms with van der Waals surface area (Å²) in [6.07, 6.45) is 7.14. The van der Waals surface area contributed by atoms with E-state index in [1.807, 2.05) is 6.08 Å². The van der Waals surface area contributed by atoms with E-state index in [0.29, 0.717) is 19.6 Å². The number of fused-ring (bicyclic) bond motifs is 1. The van der Waals surface area contributed by atoms with Gasteiger partial charge in [-0.15, -0.1) is 0 Å². The lowest BCUT2D eigenvalue weighted by Gasteiger charge is -2.28. The zero-order chi connectivity index (χ0) is 15.0. The van der Waals surface area contributed by atoms with Gasteiger partial charge in [-0.2, -0.15) is 0 Å². The molecule has 0 bridgehead atoms. The predicted molar refractivity (Wildman–Crippen MR) is 78.1 cm³/mol. The highest BCUT2D eigenvalue weighted by Gasteiger charge is 2.37. The molecular weight excluding hydrogens is 268 g/mol. The summed E-state index contributed by atoms with van der Waals surface area (Å²) in [5, 5.41) is 0. The first kappa shape index (κ1) is 15.5. The number of allylic oxidation sites excluding steroid dienone is 3. The molecule has 0 saturated heterocycles. The normalized spacial score (nSPS) is 25.0. The molecular formula is C17H18O4. The van der Waals surface area contributed by atoms with E-state index in [-0.39, 0.29) is 12.6 Å². The van der Waals surface area contributed by atoms with Gasteiger partial charge in [-0.05, 0) is 24.8 Å². The summed E-state index contributed by atoms with van der Waals surface area (Å²) in [7, 11) is 1.62. The van der Waals surface area contributed by atoms with Crippen LogP contribution >= 0.6 is 0 Å². The first-order valence-electron chi connectivity index (χ1n) is 6.89. The van der Waals surface area contributed by atoms with E-state index in [2.05, 4.69) is 23.7 Å². The summed E-state index contributed by atoms with van der Waals surface area (Å²) in [5.41, 5.74) is 0.272. The Labute approximate surface area is 125 Å². The molecule has 4 heteroatoms. The Balaban J connectivity index is 2.08. The minimum atomic E-state index is -0.557. The molecule has 0 saturated carbocycles. The van der Waals surface area contributed by atoms with Gasteiger partial charge in [0, 0.05) is 25.2 Å². The number of carbonyl (C=O) groups excluding carboxylic acids is 1. The van der Waals surface area contributed by atoms with Crippen molar-refractivity contribution in [1.82, 2.24) is 0 Å². The zero-order valence-corrected chi connectivity index (χ0v) is 12.1. The molecule has 1 unspecified atom stereocenters. The third-order valence-electron chi connectivity index (χ3n) is 3.35. The van der Waals surface area contributed by atoms with E-state index < -0.39 is 5.60 Å². The second-order valence-corrected chi connectivity index (χ2v) is 4.76. The molecule has 2 aliphatic rings. The van der Waals surface area contributed by atoms with Gasteiger partial charge in [-0.25, -0.2) is 0 Å². The van der Waals surface area contributed by atoms with Gasteiger partial charge < -0.3 is 14.2 Å². The Morgan fingerprint density at radius 3 is 3.10 bits per heavy atom. The molecule has 21 heavy (non-hydrogen) atoms. The van der Waals surface area contributed by atoms with Crippen molar-refractivity contribution < 1.29 is 19.0 Å². The maximum Gasteiger partial charge on any atom is 0.229 e. The van der Waals surface area contributed by atoms with Gasteiger partial charge in [0.2, 0.25) is 5.78 Å². The monoisotopic (exact) mass is 286 g/mol. The number of methoxy groups -OCH3 is 1. The summed E-state index contributed by atoms with van der Waals surface area (Å²) in [4.78, 5) is 11.5. The maximum absolute atomic E-state index is 11.5. The number of carbonyl (C=O) groups is 1. The fourth-order valence-electron chi connectivity index (χ4n) is 2.22. The van der Waals surface area contributed by atoms with Crippen LogP contribution in [0.3, 0.4) is 0 Å². The highest BCUT2D eigenvalue weighted by Crippen LogP contribution is 2.36. The number of hydrogen-bond donors (Lipinski definition) is 0. The molecule has 0 radical (unpaired) electrons. The Kier molecular flexibility index (Phi) is 5.78. The second kappa shape index (κ2) is 7.81. The highest BCUT2D eigenvalue weighted by atomic mass is 16.7. The molecule has 4 nitrogen and oxygen atoms in total. The molecule has 2 rings (SSSR count). The molecule has 110 valence electrons. The highest BCUT2D eigenvalue weighted by molar-refractivity contribution is 6.04. The Morgan fingerprint density at radius 1 is 1.33 bits per heavy atom. The molecule has 1 atom stereocenters. The third kappa shape index (κ3) is 4.31. The molecule has 0 aromatic carbocycles. The number of hydrogen-bond acceptors (Lipinski definition) is 4. The lowest BCUT2D eigenvalue weighted by atomic mass is 9.91. The first-order valence-corrected chi connectivity index (χ1v) is 6.89. The van der Waals surface area contributed by atoms with Crippen LogP contribution in [0, 0.1) is 23.7 Å². The van der Waals surface area contributed by atoms with Gasteiger partial charge in [-0.1, -0.05) is 23.8 Å². The van der Waals surface area contributed by atoms with Crippen LogP contribution < -0.4 is 0 Å². The van der Waals surface area contributed by atoms with Crippen LogP contribution in [0.15, 0.2) is 23.8 Å². The van der Waals surface area contributed by atoms with Crippen molar-refractivity contribution in [3.8, 4) is 23.7 Å². The van der Waals surface area contributed by atoms with Gasteiger partial charge >= 0.3 is 0 Å². The van der Waals surface area contributed by atoms with Crippen molar-refractivity contribution in [2.45, 2.75) is 24.9 Å². The molecule has 2 aliphatic carbocycles. The third-order valence-corrected chi connectivity index (χ3v) is 3.35. The molecule has 0 spiro atoms. The molecule has 0 fully saturated rings. The average Bonchev–Trinajstić information content (AvgIpc) is 2.88. The lowest BCUT2D eigenvalue weighted by molar-refractivity contribution is -0.128.